The Morgan fingerprint density at radius 3 is 2.48 bits per heavy atom. The van der Waals surface area contributed by atoms with Gasteiger partial charge in [0.25, 0.3) is 5.91 Å². The third-order valence-corrected chi connectivity index (χ3v) is 2.61. The van der Waals surface area contributed by atoms with Crippen LogP contribution < -0.4 is 10.6 Å². The Bertz CT molecular complexity index is 656. The van der Waals surface area contributed by atoms with Gasteiger partial charge in [-0.05, 0) is 45.9 Å². The average molecular weight is 317 g/mol. The van der Waals surface area contributed by atoms with Crippen molar-refractivity contribution in [2.75, 3.05) is 0 Å². The van der Waals surface area contributed by atoms with Crippen molar-refractivity contribution in [3.8, 4) is 6.07 Å². The number of esters is 1. The Hall–Kier alpha value is -2.88. The molecule has 0 radical (unpaired) electrons. The van der Waals surface area contributed by atoms with Gasteiger partial charge in [-0.2, -0.15) is 5.26 Å². The van der Waals surface area contributed by atoms with Gasteiger partial charge in [0.15, 0.2) is 6.10 Å². The molecule has 2 N–H and O–H groups in total. The number of benzene rings is 1. The van der Waals surface area contributed by atoms with E-state index in [1.807, 2.05) is 6.07 Å². The van der Waals surface area contributed by atoms with E-state index in [-0.39, 0.29) is 5.56 Å². The molecule has 1 unspecified atom stereocenters. The molecule has 0 bridgehead atoms. The molecule has 0 aliphatic rings. The number of carbonyl (C=O) groups excluding carboxylic acids is 3. The molecule has 1 aromatic carbocycles. The van der Waals surface area contributed by atoms with Crippen LogP contribution in [0.4, 0.5) is 4.79 Å². The zero-order valence-corrected chi connectivity index (χ0v) is 13.5. The maximum absolute atomic E-state index is 11.9. The summed E-state index contributed by atoms with van der Waals surface area (Å²) in [5.74, 6) is -1.49. The number of urea groups is 1. The molecule has 0 spiro atoms. The molecular weight excluding hydrogens is 298 g/mol. The number of nitriles is 1. The number of nitrogens with zero attached hydrogens (tertiary/aromatic N) is 1. The number of rotatable bonds is 3. The van der Waals surface area contributed by atoms with E-state index in [1.165, 1.54) is 25.1 Å². The monoisotopic (exact) mass is 317 g/mol. The smallest absolute Gasteiger partial charge is 0.338 e. The maximum Gasteiger partial charge on any atom is 0.338 e. The van der Waals surface area contributed by atoms with Crippen LogP contribution in [0, 0.1) is 11.3 Å². The molecule has 3 amide bonds. The molecule has 1 atom stereocenters. The van der Waals surface area contributed by atoms with Gasteiger partial charge in [0, 0.05) is 5.54 Å². The van der Waals surface area contributed by atoms with Crippen molar-refractivity contribution in [1.29, 1.82) is 5.26 Å². The standard InChI is InChI=1S/C16H19N3O4/c1-10(13(20)18-15(22)19-16(2,3)4)23-14(21)12-7-5-6-11(8-12)9-17/h5-8,10H,1-4H3,(H2,18,19,20,22). The lowest BCUT2D eigenvalue weighted by Crippen LogP contribution is -2.50. The van der Waals surface area contributed by atoms with Crippen LogP contribution in [-0.4, -0.2) is 29.6 Å². The number of ether oxygens (including phenoxy) is 1. The summed E-state index contributed by atoms with van der Waals surface area (Å²) >= 11 is 0. The van der Waals surface area contributed by atoms with Crippen LogP contribution >= 0.6 is 0 Å². The molecule has 122 valence electrons. The van der Waals surface area contributed by atoms with Crippen LogP contribution in [0.2, 0.25) is 0 Å². The van der Waals surface area contributed by atoms with E-state index >= 15 is 0 Å². The lowest BCUT2D eigenvalue weighted by molar-refractivity contribution is -0.127. The summed E-state index contributed by atoms with van der Waals surface area (Å²) in [7, 11) is 0. The summed E-state index contributed by atoms with van der Waals surface area (Å²) in [5.41, 5.74) is -0.0360. The van der Waals surface area contributed by atoms with Crippen molar-refractivity contribution in [2.45, 2.75) is 39.3 Å². The zero-order chi connectivity index (χ0) is 17.6. The molecule has 7 heteroatoms. The molecule has 0 aliphatic carbocycles. The van der Waals surface area contributed by atoms with Gasteiger partial charge < -0.3 is 10.1 Å². The summed E-state index contributed by atoms with van der Waals surface area (Å²) in [5, 5.41) is 13.4. The van der Waals surface area contributed by atoms with Crippen molar-refractivity contribution < 1.29 is 19.1 Å². The fraction of sp³-hybridized carbons (Fsp3) is 0.375. The van der Waals surface area contributed by atoms with E-state index in [2.05, 4.69) is 10.6 Å². The fourth-order valence-electron chi connectivity index (χ4n) is 1.58. The molecule has 0 heterocycles. The third-order valence-electron chi connectivity index (χ3n) is 2.61. The number of hydrogen-bond acceptors (Lipinski definition) is 5. The molecule has 0 fully saturated rings. The molecule has 0 aliphatic heterocycles. The topological polar surface area (TPSA) is 108 Å². The number of hydrogen-bond donors (Lipinski definition) is 2. The van der Waals surface area contributed by atoms with Gasteiger partial charge in [-0.15, -0.1) is 0 Å². The highest BCUT2D eigenvalue weighted by atomic mass is 16.5. The molecule has 0 aromatic heterocycles. The highest BCUT2D eigenvalue weighted by Crippen LogP contribution is 2.07. The zero-order valence-electron chi connectivity index (χ0n) is 13.5. The molecule has 1 aromatic rings. The van der Waals surface area contributed by atoms with Gasteiger partial charge in [0.2, 0.25) is 0 Å². The molecule has 23 heavy (non-hydrogen) atoms. The SMILES string of the molecule is CC(OC(=O)c1cccc(C#N)c1)C(=O)NC(=O)NC(C)(C)C. The van der Waals surface area contributed by atoms with Gasteiger partial charge >= 0.3 is 12.0 Å². The second kappa shape index (κ2) is 7.40. The van der Waals surface area contributed by atoms with Gasteiger partial charge in [-0.25, -0.2) is 9.59 Å². The van der Waals surface area contributed by atoms with Crippen LogP contribution in [0.15, 0.2) is 24.3 Å². The first-order chi connectivity index (χ1) is 10.6. The Balaban J connectivity index is 2.62. The predicted octanol–water partition coefficient (Wildman–Crippen LogP) is 1.73. The highest BCUT2D eigenvalue weighted by molar-refractivity contribution is 5.98. The Kier molecular flexibility index (Phi) is 5.85. The number of nitrogens with one attached hydrogen (secondary N) is 2. The van der Waals surface area contributed by atoms with E-state index in [4.69, 9.17) is 10.00 Å². The minimum absolute atomic E-state index is 0.155. The molecule has 0 saturated carbocycles. The Morgan fingerprint density at radius 1 is 1.26 bits per heavy atom. The van der Waals surface area contributed by atoms with Gasteiger partial charge in [-0.3, -0.25) is 10.1 Å². The van der Waals surface area contributed by atoms with Crippen LogP contribution in [0.25, 0.3) is 0 Å². The largest absolute Gasteiger partial charge is 0.449 e. The molecule has 0 saturated heterocycles. The third kappa shape index (κ3) is 6.18. The Labute approximate surface area is 134 Å². The van der Waals surface area contributed by atoms with Gasteiger partial charge in [-0.1, -0.05) is 6.07 Å². The van der Waals surface area contributed by atoms with Crippen LogP contribution in [0.3, 0.4) is 0 Å². The van der Waals surface area contributed by atoms with Gasteiger partial charge in [0.1, 0.15) is 0 Å². The van der Waals surface area contributed by atoms with Crippen molar-refractivity contribution in [3.05, 3.63) is 35.4 Å². The van der Waals surface area contributed by atoms with Gasteiger partial charge in [0.05, 0.1) is 17.2 Å². The fourth-order valence-corrected chi connectivity index (χ4v) is 1.58. The Morgan fingerprint density at radius 2 is 1.91 bits per heavy atom. The summed E-state index contributed by atoms with van der Waals surface area (Å²) < 4.78 is 4.99. The predicted molar refractivity (Wildman–Crippen MR) is 82.5 cm³/mol. The lowest BCUT2D eigenvalue weighted by Gasteiger charge is -2.21. The van der Waals surface area contributed by atoms with E-state index in [0.717, 1.165) is 0 Å². The number of carbonyl (C=O) groups is 3. The van der Waals surface area contributed by atoms with E-state index < -0.39 is 29.6 Å². The maximum atomic E-state index is 11.9. The van der Waals surface area contributed by atoms with Crippen molar-refractivity contribution in [1.82, 2.24) is 10.6 Å². The average Bonchev–Trinajstić information content (AvgIpc) is 2.45. The number of imide groups is 1. The summed E-state index contributed by atoms with van der Waals surface area (Å²) in [4.78, 5) is 35.4. The summed E-state index contributed by atoms with van der Waals surface area (Å²) in [6.07, 6.45) is -1.15. The minimum atomic E-state index is -1.15. The minimum Gasteiger partial charge on any atom is -0.449 e. The normalized spacial score (nSPS) is 11.8. The quantitative estimate of drug-likeness (QED) is 0.825. The van der Waals surface area contributed by atoms with Crippen molar-refractivity contribution in [2.24, 2.45) is 0 Å². The second-order valence-corrected chi connectivity index (χ2v) is 5.93. The van der Waals surface area contributed by atoms with Crippen LogP contribution in [0.1, 0.15) is 43.6 Å². The highest BCUT2D eigenvalue weighted by Gasteiger charge is 2.22. The molecule has 1 rings (SSSR count). The van der Waals surface area contributed by atoms with Crippen LogP contribution in [0.5, 0.6) is 0 Å². The second-order valence-electron chi connectivity index (χ2n) is 5.93. The van der Waals surface area contributed by atoms with E-state index in [0.29, 0.717) is 5.56 Å². The first-order valence-electron chi connectivity index (χ1n) is 6.96. The first-order valence-corrected chi connectivity index (χ1v) is 6.96. The summed E-state index contributed by atoms with van der Waals surface area (Å²) in [6.45, 7) is 6.65. The number of amides is 3. The van der Waals surface area contributed by atoms with Crippen molar-refractivity contribution in [3.63, 3.8) is 0 Å². The first kappa shape index (κ1) is 18.2. The molecule has 7 nitrogen and oxygen atoms in total. The lowest BCUT2D eigenvalue weighted by atomic mass is 10.1. The summed E-state index contributed by atoms with van der Waals surface area (Å²) in [6, 6.07) is 7.15. The molecular formula is C16H19N3O4. The van der Waals surface area contributed by atoms with E-state index in [9.17, 15) is 14.4 Å². The van der Waals surface area contributed by atoms with Crippen molar-refractivity contribution >= 4 is 17.9 Å². The van der Waals surface area contributed by atoms with Crippen LogP contribution in [-0.2, 0) is 9.53 Å². The van der Waals surface area contributed by atoms with E-state index in [1.54, 1.807) is 26.8 Å².